The van der Waals surface area contributed by atoms with E-state index in [1.165, 1.54) is 24.3 Å². The summed E-state index contributed by atoms with van der Waals surface area (Å²) in [5.41, 5.74) is 1.30. The van der Waals surface area contributed by atoms with Crippen LogP contribution in [0.15, 0.2) is 47.4 Å². The van der Waals surface area contributed by atoms with Crippen molar-refractivity contribution in [3.05, 3.63) is 53.6 Å². The SMILES string of the molecule is CCN(C(=O)Cc1ccc2c(c1)NC(=O)CS2(O)O)[C@H](CN1CCC(O[Si](C)(C)C(C)(C)C)C1)c1cccc(OC(F)(F)F)c1. The lowest BCUT2D eigenvalue weighted by Gasteiger charge is -2.38. The second kappa shape index (κ2) is 13.2. The second-order valence-electron chi connectivity index (χ2n) is 13.2. The summed E-state index contributed by atoms with van der Waals surface area (Å²) in [5, 5.41) is 2.68. The van der Waals surface area contributed by atoms with E-state index in [9.17, 15) is 31.9 Å². The zero-order valence-electron chi connectivity index (χ0n) is 26.6. The van der Waals surface area contributed by atoms with Crippen LogP contribution in [0.25, 0.3) is 0 Å². The Bertz CT molecular complexity index is 1400. The molecule has 2 aromatic rings. The van der Waals surface area contributed by atoms with E-state index in [1.54, 1.807) is 23.1 Å². The Balaban J connectivity index is 1.59. The van der Waals surface area contributed by atoms with Crippen LogP contribution in [-0.4, -0.2) is 83.4 Å². The number of nitrogens with one attached hydrogen (secondary N) is 1. The number of benzene rings is 2. The van der Waals surface area contributed by atoms with E-state index in [0.29, 0.717) is 24.2 Å². The van der Waals surface area contributed by atoms with Gasteiger partial charge in [-0.15, -0.1) is 13.2 Å². The van der Waals surface area contributed by atoms with Gasteiger partial charge >= 0.3 is 6.36 Å². The van der Waals surface area contributed by atoms with E-state index in [2.05, 4.69) is 48.8 Å². The summed E-state index contributed by atoms with van der Waals surface area (Å²) in [6.07, 6.45) is -4.09. The number of amides is 2. The number of nitrogens with zero attached hydrogens (tertiary/aromatic N) is 2. The molecule has 0 bridgehead atoms. The molecule has 4 rings (SSSR count). The fourth-order valence-electron chi connectivity index (χ4n) is 5.56. The molecule has 14 heteroatoms. The molecule has 2 aliphatic heterocycles. The number of anilines is 1. The molecule has 2 aromatic carbocycles. The van der Waals surface area contributed by atoms with Crippen molar-refractivity contribution in [2.75, 3.05) is 37.2 Å². The van der Waals surface area contributed by atoms with Crippen LogP contribution in [0, 0.1) is 0 Å². The monoisotopic (exact) mass is 671 g/mol. The van der Waals surface area contributed by atoms with E-state index >= 15 is 0 Å². The smallest absolute Gasteiger partial charge is 0.413 e. The van der Waals surface area contributed by atoms with Gasteiger partial charge in [-0.3, -0.25) is 23.6 Å². The maximum absolute atomic E-state index is 13.9. The molecule has 1 saturated heterocycles. The summed E-state index contributed by atoms with van der Waals surface area (Å²) in [7, 11) is -5.29. The first-order valence-electron chi connectivity index (χ1n) is 15.0. The highest BCUT2D eigenvalue weighted by atomic mass is 32.3. The number of carbonyl (C=O) groups excluding carboxylic acids is 2. The zero-order chi connectivity index (χ0) is 33.4. The molecule has 0 spiro atoms. The zero-order valence-corrected chi connectivity index (χ0v) is 28.4. The van der Waals surface area contributed by atoms with Crippen molar-refractivity contribution in [3.8, 4) is 5.75 Å². The van der Waals surface area contributed by atoms with Crippen LogP contribution >= 0.6 is 10.6 Å². The minimum Gasteiger partial charge on any atom is -0.413 e. The van der Waals surface area contributed by atoms with Crippen LogP contribution in [0.5, 0.6) is 5.75 Å². The number of ether oxygens (including phenoxy) is 1. The van der Waals surface area contributed by atoms with Crippen LogP contribution in [0.1, 0.15) is 51.3 Å². The first-order valence-corrected chi connectivity index (χ1v) is 19.6. The normalized spacial score (nSPS) is 20.2. The molecule has 0 aliphatic carbocycles. The van der Waals surface area contributed by atoms with Crippen LogP contribution in [0.4, 0.5) is 18.9 Å². The minimum atomic E-state index is -4.86. The number of fused-ring (bicyclic) bond motifs is 1. The summed E-state index contributed by atoms with van der Waals surface area (Å²) < 4.78 is 70.8. The Kier molecular flexibility index (Phi) is 10.4. The Hall–Kier alpha value is -2.62. The Morgan fingerprint density at radius 3 is 2.53 bits per heavy atom. The van der Waals surface area contributed by atoms with Crippen molar-refractivity contribution in [2.24, 2.45) is 0 Å². The van der Waals surface area contributed by atoms with E-state index in [4.69, 9.17) is 4.43 Å². The topological polar surface area (TPSA) is 112 Å². The number of likely N-dealkylation sites (tertiary alicyclic amines) is 1. The summed E-state index contributed by atoms with van der Waals surface area (Å²) in [5.74, 6) is -1.58. The van der Waals surface area contributed by atoms with Gasteiger partial charge in [0.1, 0.15) is 11.5 Å². The van der Waals surface area contributed by atoms with Gasteiger partial charge in [-0.05, 0) is 66.9 Å². The predicted octanol–water partition coefficient (Wildman–Crippen LogP) is 6.88. The summed E-state index contributed by atoms with van der Waals surface area (Å²) in [6.45, 7) is 14.8. The molecule has 2 atom stereocenters. The second-order valence-corrected chi connectivity index (χ2v) is 20.0. The predicted molar refractivity (Wildman–Crippen MR) is 171 cm³/mol. The average Bonchev–Trinajstić information content (AvgIpc) is 3.32. The fourth-order valence-corrected chi connectivity index (χ4v) is 8.28. The van der Waals surface area contributed by atoms with Gasteiger partial charge in [-0.2, -0.15) is 10.6 Å². The van der Waals surface area contributed by atoms with Gasteiger partial charge in [0.25, 0.3) is 0 Å². The molecule has 1 fully saturated rings. The standard InChI is InChI=1S/C31H44F3N3O6SSi/c1-7-37(29(39)16-21-11-12-27-25(15-21)35-28(38)20-44(27,40)41)26(22-9-8-10-23(17-22)42-31(32,33)34)19-36-14-13-24(18-36)43-45(5,6)30(2,3)4/h8-12,15,17,24,26,40-41H,7,13-14,16,18-20H2,1-6H3,(H,35,38)/t24?,26-/m1/s1. The maximum Gasteiger partial charge on any atom is 0.573 e. The molecular formula is C31H44F3N3O6SSi. The number of carbonyl (C=O) groups is 2. The highest BCUT2D eigenvalue weighted by molar-refractivity contribution is 8.25. The molecular weight excluding hydrogens is 628 g/mol. The van der Waals surface area contributed by atoms with Gasteiger partial charge in [0.2, 0.25) is 11.8 Å². The highest BCUT2D eigenvalue weighted by Crippen LogP contribution is 2.53. The number of hydrogen-bond donors (Lipinski definition) is 3. The molecule has 0 aromatic heterocycles. The van der Waals surface area contributed by atoms with Gasteiger partial charge in [0.15, 0.2) is 8.32 Å². The van der Waals surface area contributed by atoms with Crippen molar-refractivity contribution in [2.45, 2.75) is 82.1 Å². The molecule has 250 valence electrons. The van der Waals surface area contributed by atoms with Crippen molar-refractivity contribution in [3.63, 3.8) is 0 Å². The van der Waals surface area contributed by atoms with Crippen molar-refractivity contribution in [1.82, 2.24) is 9.80 Å². The van der Waals surface area contributed by atoms with Gasteiger partial charge in [0.05, 0.1) is 29.1 Å². The van der Waals surface area contributed by atoms with Crippen molar-refractivity contribution in [1.29, 1.82) is 0 Å². The summed E-state index contributed by atoms with van der Waals surface area (Å²) in [4.78, 5) is 29.9. The molecule has 3 N–H and O–H groups in total. The van der Waals surface area contributed by atoms with Crippen LogP contribution < -0.4 is 10.1 Å². The maximum atomic E-state index is 13.9. The average molecular weight is 672 g/mol. The van der Waals surface area contributed by atoms with E-state index in [0.717, 1.165) is 13.0 Å². The number of halogens is 3. The Morgan fingerprint density at radius 2 is 1.89 bits per heavy atom. The van der Waals surface area contributed by atoms with Crippen molar-refractivity contribution >= 4 is 36.4 Å². The first kappa shape index (κ1) is 35.2. The van der Waals surface area contributed by atoms with E-state index < -0.39 is 43.0 Å². The number of rotatable bonds is 10. The minimum absolute atomic E-state index is 0.0234. The molecule has 9 nitrogen and oxygen atoms in total. The molecule has 2 aliphatic rings. The first-order chi connectivity index (χ1) is 20.8. The van der Waals surface area contributed by atoms with Crippen LogP contribution in [0.3, 0.4) is 0 Å². The third kappa shape index (κ3) is 8.80. The van der Waals surface area contributed by atoms with Gasteiger partial charge in [-0.1, -0.05) is 39.0 Å². The fraction of sp³-hybridized carbons (Fsp3) is 0.548. The number of alkyl halides is 3. The van der Waals surface area contributed by atoms with Crippen molar-refractivity contribution < 1.29 is 41.0 Å². The quantitative estimate of drug-likeness (QED) is 0.236. The molecule has 2 heterocycles. The summed E-state index contributed by atoms with van der Waals surface area (Å²) >= 11 is 0. The molecule has 2 amide bonds. The molecule has 0 saturated carbocycles. The molecule has 0 radical (unpaired) electrons. The third-order valence-electron chi connectivity index (χ3n) is 8.80. The molecule has 1 unspecified atom stereocenters. The van der Waals surface area contributed by atoms with Gasteiger partial charge < -0.3 is 19.4 Å². The third-order valence-corrected chi connectivity index (χ3v) is 15.1. The van der Waals surface area contributed by atoms with E-state index in [1.807, 2.05) is 6.92 Å². The lowest BCUT2D eigenvalue weighted by molar-refractivity contribution is -0.274. The van der Waals surface area contributed by atoms with Crippen LogP contribution in [0.2, 0.25) is 18.1 Å². The Labute approximate surface area is 265 Å². The lowest BCUT2D eigenvalue weighted by atomic mass is 10.0. The summed E-state index contributed by atoms with van der Waals surface area (Å²) in [6, 6.07) is 9.84. The number of likely N-dealkylation sites (N-methyl/N-ethyl adjacent to an activating group) is 1. The van der Waals surface area contributed by atoms with Gasteiger partial charge in [-0.25, -0.2) is 0 Å². The molecule has 45 heavy (non-hydrogen) atoms. The Morgan fingerprint density at radius 1 is 1.18 bits per heavy atom. The number of hydrogen-bond acceptors (Lipinski definition) is 7. The van der Waals surface area contributed by atoms with E-state index in [-0.39, 0.29) is 46.3 Å². The van der Waals surface area contributed by atoms with Gasteiger partial charge in [0, 0.05) is 26.2 Å². The largest absolute Gasteiger partial charge is 0.573 e. The highest BCUT2D eigenvalue weighted by Gasteiger charge is 2.41. The lowest BCUT2D eigenvalue weighted by Crippen LogP contribution is -2.45. The van der Waals surface area contributed by atoms with Crippen LogP contribution in [-0.2, 0) is 20.4 Å².